The molecule has 0 unspecified atom stereocenters. The highest BCUT2D eigenvalue weighted by molar-refractivity contribution is 7.89. The van der Waals surface area contributed by atoms with E-state index >= 15 is 0 Å². The first-order valence-electron chi connectivity index (χ1n) is 17.9. The van der Waals surface area contributed by atoms with Gasteiger partial charge in [0.25, 0.3) is 0 Å². The minimum atomic E-state index is -3.88. The molecule has 4 aromatic rings. The second kappa shape index (κ2) is 16.8. The first-order valence-corrected chi connectivity index (χ1v) is 19.4. The number of carbonyl (C=O) groups excluding carboxylic acids is 1. The standard InChI is InChI=1S/C41H53N5O4S/c1-29(2)23-35(28-50-41(47)37(42)24-30(3)4)44(6)51(48,49)36-19-17-32(18-20-36)25-39-40-38(21-22-45(39)26-33-13-9-7-10-14-33)46(31(5)43-40)27-34-15-11-8-12-16-34/h7-21,29-30,35,37H,22-28,42H2,1-6H3/t35-,37-/m0/s1. The summed E-state index contributed by atoms with van der Waals surface area (Å²) in [5.74, 6) is 0.878. The van der Waals surface area contributed by atoms with Crippen LogP contribution in [0.3, 0.4) is 0 Å². The monoisotopic (exact) mass is 711 g/mol. The number of carbonyl (C=O) groups is 1. The van der Waals surface area contributed by atoms with E-state index < -0.39 is 28.1 Å². The van der Waals surface area contributed by atoms with Gasteiger partial charge in [0, 0.05) is 38.8 Å². The van der Waals surface area contributed by atoms with E-state index in [9.17, 15) is 13.2 Å². The number of fused-ring (bicyclic) bond motifs is 1. The van der Waals surface area contributed by atoms with Crippen molar-refractivity contribution >= 4 is 27.8 Å². The number of benzene rings is 3. The van der Waals surface area contributed by atoms with Crippen molar-refractivity contribution in [3.05, 3.63) is 118 Å². The molecule has 2 N–H and O–H groups in total. The summed E-state index contributed by atoms with van der Waals surface area (Å²) in [6.07, 6.45) is 3.89. The fourth-order valence-corrected chi connectivity index (χ4v) is 8.02. The molecule has 0 radical (unpaired) electrons. The molecule has 0 saturated carbocycles. The van der Waals surface area contributed by atoms with E-state index in [0.29, 0.717) is 19.3 Å². The van der Waals surface area contributed by atoms with Gasteiger partial charge >= 0.3 is 5.97 Å². The van der Waals surface area contributed by atoms with Crippen LogP contribution in [0.2, 0.25) is 0 Å². The lowest BCUT2D eigenvalue weighted by atomic mass is 10.0. The number of rotatable bonds is 16. The predicted octanol–water partition coefficient (Wildman–Crippen LogP) is 4.84. The maximum atomic E-state index is 13.9. The van der Waals surface area contributed by atoms with Crippen LogP contribution in [0.5, 0.6) is 0 Å². The van der Waals surface area contributed by atoms with Crippen molar-refractivity contribution in [2.45, 2.75) is 83.9 Å². The van der Waals surface area contributed by atoms with E-state index in [4.69, 9.17) is 15.5 Å². The summed E-state index contributed by atoms with van der Waals surface area (Å²) >= 11 is 0. The number of esters is 1. The zero-order chi connectivity index (χ0) is 36.7. The summed E-state index contributed by atoms with van der Waals surface area (Å²) in [7, 11) is -2.32. The van der Waals surface area contributed by atoms with E-state index in [2.05, 4.69) is 71.0 Å². The highest BCUT2D eigenvalue weighted by Gasteiger charge is 2.30. The third-order valence-corrected chi connectivity index (χ3v) is 11.4. The van der Waals surface area contributed by atoms with Gasteiger partial charge in [0.15, 0.2) is 0 Å². The van der Waals surface area contributed by atoms with Gasteiger partial charge in [-0.15, -0.1) is 0 Å². The average Bonchev–Trinajstić information content (AvgIpc) is 3.42. The van der Waals surface area contributed by atoms with E-state index in [1.807, 2.05) is 52.0 Å². The van der Waals surface area contributed by atoms with Crippen LogP contribution in [0, 0.1) is 18.8 Å². The van der Waals surface area contributed by atoms with Crippen LogP contribution in [-0.2, 0) is 39.1 Å². The molecule has 0 fully saturated rings. The second-order valence-corrected chi connectivity index (χ2v) is 16.5. The molecule has 2 heterocycles. The molecule has 272 valence electrons. The number of nitrogens with two attached hydrogens (primary N) is 1. The third kappa shape index (κ3) is 9.55. The van der Waals surface area contributed by atoms with Crippen molar-refractivity contribution in [2.24, 2.45) is 17.6 Å². The first kappa shape index (κ1) is 38.0. The van der Waals surface area contributed by atoms with Gasteiger partial charge < -0.3 is 19.9 Å². The number of ether oxygens (including phenoxy) is 1. The predicted molar refractivity (Wildman–Crippen MR) is 203 cm³/mol. The molecule has 0 amide bonds. The van der Waals surface area contributed by atoms with Crippen molar-refractivity contribution in [3.63, 3.8) is 0 Å². The van der Waals surface area contributed by atoms with Gasteiger partial charge in [0.05, 0.1) is 16.3 Å². The maximum absolute atomic E-state index is 13.9. The molecule has 0 aliphatic carbocycles. The van der Waals surface area contributed by atoms with Crippen LogP contribution >= 0.6 is 0 Å². The summed E-state index contributed by atoms with van der Waals surface area (Å²) in [6, 6.07) is 26.7. The Kier molecular flexibility index (Phi) is 12.5. The molecule has 0 bridgehead atoms. The summed E-state index contributed by atoms with van der Waals surface area (Å²) in [5.41, 5.74) is 10.5. The Balaban J connectivity index is 1.41. The molecule has 1 aliphatic rings. The van der Waals surface area contributed by atoms with Gasteiger partial charge in [-0.1, -0.05) is 100 Å². The molecule has 5 rings (SSSR count). The van der Waals surface area contributed by atoms with Crippen LogP contribution in [0.25, 0.3) is 11.8 Å². The molecular formula is C41H53N5O4S. The van der Waals surface area contributed by atoms with Crippen LogP contribution < -0.4 is 16.4 Å². The maximum Gasteiger partial charge on any atom is 0.322 e. The third-order valence-electron chi connectivity index (χ3n) is 9.43. The van der Waals surface area contributed by atoms with Crippen molar-refractivity contribution in [3.8, 4) is 0 Å². The van der Waals surface area contributed by atoms with Gasteiger partial charge in [-0.25, -0.2) is 13.4 Å². The van der Waals surface area contributed by atoms with Gasteiger partial charge in [0.2, 0.25) is 10.0 Å². The fraction of sp³-hybridized carbons (Fsp3) is 0.415. The van der Waals surface area contributed by atoms with Crippen LogP contribution in [0.4, 0.5) is 0 Å². The van der Waals surface area contributed by atoms with Gasteiger partial charge in [-0.05, 0) is 66.5 Å². The number of aromatic nitrogens is 2. The Morgan fingerprint density at radius 3 is 2.04 bits per heavy atom. The van der Waals surface area contributed by atoms with E-state index in [1.54, 1.807) is 19.2 Å². The van der Waals surface area contributed by atoms with Crippen molar-refractivity contribution in [1.82, 2.24) is 18.8 Å². The quantitative estimate of drug-likeness (QED) is 0.166. The molecular weight excluding hydrogens is 659 g/mol. The molecule has 0 saturated heterocycles. The molecule has 2 atom stereocenters. The fourth-order valence-electron chi connectivity index (χ4n) is 6.67. The number of likely N-dealkylation sites (N-methyl/N-ethyl adjacent to an activating group) is 1. The van der Waals surface area contributed by atoms with E-state index in [1.165, 1.54) is 15.4 Å². The Morgan fingerprint density at radius 2 is 1.45 bits per heavy atom. The normalized spacial score (nSPS) is 14.5. The minimum Gasteiger partial charge on any atom is -0.463 e. The van der Waals surface area contributed by atoms with Crippen molar-refractivity contribution in [1.29, 1.82) is 0 Å². The molecule has 0 spiro atoms. The van der Waals surface area contributed by atoms with Crippen LogP contribution in [-0.4, -0.2) is 65.4 Å². The van der Waals surface area contributed by atoms with Gasteiger partial charge in [-0.3, -0.25) is 4.79 Å². The second-order valence-electron chi connectivity index (χ2n) is 14.5. The summed E-state index contributed by atoms with van der Waals surface area (Å²) < 4.78 is 37.0. The summed E-state index contributed by atoms with van der Waals surface area (Å²) in [5, 5.41) is 2.07. The molecule has 10 heteroatoms. The lowest BCUT2D eigenvalue weighted by Gasteiger charge is -2.29. The van der Waals surface area contributed by atoms with E-state index in [-0.39, 0.29) is 23.3 Å². The van der Waals surface area contributed by atoms with Crippen LogP contribution in [0.15, 0.2) is 89.8 Å². The van der Waals surface area contributed by atoms with Gasteiger partial charge in [-0.2, -0.15) is 4.31 Å². The summed E-state index contributed by atoms with van der Waals surface area (Å²) in [6.45, 7) is 12.2. The lowest BCUT2D eigenvalue weighted by molar-refractivity contribution is -0.147. The number of aryl methyl sites for hydroxylation is 1. The Bertz CT molecular complexity index is 1990. The highest BCUT2D eigenvalue weighted by Crippen LogP contribution is 2.24. The number of nitrogens with zero attached hydrogens (tertiary/aromatic N) is 4. The Labute approximate surface area is 303 Å². The summed E-state index contributed by atoms with van der Waals surface area (Å²) in [4.78, 5) is 20.2. The largest absolute Gasteiger partial charge is 0.463 e. The molecule has 51 heavy (non-hydrogen) atoms. The molecule has 3 aromatic carbocycles. The Hall–Kier alpha value is -4.25. The number of hydrogen-bond donors (Lipinski definition) is 1. The SMILES string of the molecule is Cc1nc2c(n1Cc1ccccc1)=CCN(Cc1ccccc1)C=2Cc1ccc(S(=O)(=O)N(C)[C@H](COC(=O)[C@@H](N)CC(C)C)CC(C)C)cc1. The number of imidazole rings is 1. The number of hydrogen-bond acceptors (Lipinski definition) is 7. The number of sulfonamides is 1. The Morgan fingerprint density at radius 1 is 0.863 bits per heavy atom. The zero-order valence-electron chi connectivity index (χ0n) is 30.8. The molecule has 1 aliphatic heterocycles. The zero-order valence-corrected chi connectivity index (χ0v) is 31.6. The van der Waals surface area contributed by atoms with Gasteiger partial charge in [0.1, 0.15) is 23.8 Å². The lowest BCUT2D eigenvalue weighted by Crippen LogP contribution is -2.43. The topological polar surface area (TPSA) is 111 Å². The smallest absolute Gasteiger partial charge is 0.322 e. The van der Waals surface area contributed by atoms with Crippen LogP contribution in [0.1, 0.15) is 63.1 Å². The minimum absolute atomic E-state index is 0.0537. The average molecular weight is 712 g/mol. The van der Waals surface area contributed by atoms with E-state index in [0.717, 1.165) is 47.4 Å². The van der Waals surface area contributed by atoms with Crippen molar-refractivity contribution < 1.29 is 17.9 Å². The first-order chi connectivity index (χ1) is 24.3. The highest BCUT2D eigenvalue weighted by atomic mass is 32.2. The van der Waals surface area contributed by atoms with Crippen molar-refractivity contribution in [2.75, 3.05) is 20.2 Å². The molecule has 1 aromatic heterocycles. The molecule has 9 nitrogen and oxygen atoms in total.